The van der Waals surface area contributed by atoms with Crippen molar-refractivity contribution in [2.75, 3.05) is 13.1 Å². The van der Waals surface area contributed by atoms with Gasteiger partial charge in [-0.2, -0.15) is 0 Å². The molecule has 0 radical (unpaired) electrons. The second-order valence-corrected chi connectivity index (χ2v) is 6.60. The smallest absolute Gasteiger partial charge is 0.325 e. The number of carbonyl (C=O) groups is 3. The van der Waals surface area contributed by atoms with Gasteiger partial charge in [0.2, 0.25) is 5.91 Å². The van der Waals surface area contributed by atoms with E-state index in [0.29, 0.717) is 12.8 Å². The lowest BCUT2D eigenvalue weighted by Gasteiger charge is -2.28. The lowest BCUT2D eigenvalue weighted by atomic mass is 9.97. The third-order valence-electron chi connectivity index (χ3n) is 5.10. The van der Waals surface area contributed by atoms with Gasteiger partial charge in [-0.3, -0.25) is 9.59 Å². The first-order valence-corrected chi connectivity index (χ1v) is 8.20. The quantitative estimate of drug-likeness (QED) is 0.645. The van der Waals surface area contributed by atoms with E-state index in [1.165, 1.54) is 0 Å². The molecule has 1 aliphatic carbocycles. The standard InChI is InChI=1S/C15H24N4O3/c1-10(12(20)17-11-4-8-16-9-5-11)19-13(21)15(18-14(19)22)6-2-3-7-15/h10-11,16H,2-9H2,1H3,(H,17,20)(H,18,22). The molecule has 4 amide bonds. The van der Waals surface area contributed by atoms with Gasteiger partial charge in [0.15, 0.2) is 0 Å². The second kappa shape index (κ2) is 5.87. The number of urea groups is 1. The fourth-order valence-corrected chi connectivity index (χ4v) is 3.72. The molecule has 2 saturated heterocycles. The first kappa shape index (κ1) is 15.3. The molecule has 1 saturated carbocycles. The second-order valence-electron chi connectivity index (χ2n) is 6.60. The molecule has 0 aromatic rings. The molecule has 7 heteroatoms. The van der Waals surface area contributed by atoms with E-state index in [1.807, 2.05) is 0 Å². The van der Waals surface area contributed by atoms with Crippen LogP contribution in [-0.2, 0) is 9.59 Å². The van der Waals surface area contributed by atoms with Crippen LogP contribution in [0, 0.1) is 0 Å². The number of piperidine rings is 1. The van der Waals surface area contributed by atoms with Crippen molar-refractivity contribution in [3.63, 3.8) is 0 Å². The van der Waals surface area contributed by atoms with Crippen LogP contribution in [0.2, 0.25) is 0 Å². The van der Waals surface area contributed by atoms with E-state index >= 15 is 0 Å². The van der Waals surface area contributed by atoms with E-state index < -0.39 is 17.6 Å². The Hall–Kier alpha value is -1.63. The molecule has 3 aliphatic rings. The molecule has 1 spiro atoms. The molecule has 3 N–H and O–H groups in total. The number of hydrogen-bond donors (Lipinski definition) is 3. The number of nitrogens with zero attached hydrogens (tertiary/aromatic N) is 1. The third-order valence-corrected chi connectivity index (χ3v) is 5.10. The Labute approximate surface area is 130 Å². The predicted octanol–water partition coefficient (Wildman–Crippen LogP) is 0.108. The first-order chi connectivity index (χ1) is 10.5. The molecule has 122 valence electrons. The van der Waals surface area contributed by atoms with Crippen molar-refractivity contribution in [2.24, 2.45) is 0 Å². The summed E-state index contributed by atoms with van der Waals surface area (Å²) in [5.41, 5.74) is -0.750. The minimum atomic E-state index is -0.762. The Bertz CT molecular complexity index is 481. The minimum Gasteiger partial charge on any atom is -0.351 e. The van der Waals surface area contributed by atoms with Gasteiger partial charge < -0.3 is 16.0 Å². The summed E-state index contributed by atoms with van der Waals surface area (Å²) in [6, 6.07) is -1.07. The molecule has 22 heavy (non-hydrogen) atoms. The first-order valence-electron chi connectivity index (χ1n) is 8.20. The van der Waals surface area contributed by atoms with Crippen LogP contribution < -0.4 is 16.0 Å². The van der Waals surface area contributed by atoms with Gasteiger partial charge in [-0.25, -0.2) is 9.69 Å². The zero-order valence-corrected chi connectivity index (χ0v) is 13.0. The van der Waals surface area contributed by atoms with Gasteiger partial charge in [0, 0.05) is 6.04 Å². The Balaban J connectivity index is 1.65. The average Bonchev–Trinajstić information content (AvgIpc) is 3.06. The van der Waals surface area contributed by atoms with E-state index in [9.17, 15) is 14.4 Å². The number of carbonyl (C=O) groups excluding carboxylic acids is 3. The van der Waals surface area contributed by atoms with Gasteiger partial charge in [-0.05, 0) is 45.7 Å². The SMILES string of the molecule is CC(C(=O)NC1CCNCC1)N1C(=O)NC2(CCCC2)C1=O. The normalized spacial score (nSPS) is 26.3. The highest BCUT2D eigenvalue weighted by Crippen LogP contribution is 2.35. The van der Waals surface area contributed by atoms with E-state index in [4.69, 9.17) is 0 Å². The molecule has 3 fully saturated rings. The van der Waals surface area contributed by atoms with Crippen molar-refractivity contribution < 1.29 is 14.4 Å². The molecule has 1 atom stereocenters. The summed E-state index contributed by atoms with van der Waals surface area (Å²) < 4.78 is 0. The van der Waals surface area contributed by atoms with Crippen LogP contribution in [0.15, 0.2) is 0 Å². The largest absolute Gasteiger partial charge is 0.351 e. The Morgan fingerprint density at radius 2 is 1.91 bits per heavy atom. The highest BCUT2D eigenvalue weighted by molar-refractivity contribution is 6.09. The molecule has 2 heterocycles. The van der Waals surface area contributed by atoms with Crippen LogP contribution in [0.5, 0.6) is 0 Å². The summed E-state index contributed by atoms with van der Waals surface area (Å²) in [4.78, 5) is 38.3. The van der Waals surface area contributed by atoms with Crippen molar-refractivity contribution in [3.05, 3.63) is 0 Å². The zero-order chi connectivity index (χ0) is 15.7. The Morgan fingerprint density at radius 3 is 2.55 bits per heavy atom. The van der Waals surface area contributed by atoms with Gasteiger partial charge in [0.25, 0.3) is 5.91 Å². The number of rotatable bonds is 3. The zero-order valence-electron chi connectivity index (χ0n) is 13.0. The number of hydrogen-bond acceptors (Lipinski definition) is 4. The number of amides is 4. The fraction of sp³-hybridized carbons (Fsp3) is 0.800. The molecule has 3 rings (SSSR count). The lowest BCUT2D eigenvalue weighted by Crippen LogP contribution is -2.53. The van der Waals surface area contributed by atoms with E-state index in [2.05, 4.69) is 16.0 Å². The summed E-state index contributed by atoms with van der Waals surface area (Å²) >= 11 is 0. The molecule has 2 aliphatic heterocycles. The maximum Gasteiger partial charge on any atom is 0.325 e. The van der Waals surface area contributed by atoms with Gasteiger partial charge in [0.1, 0.15) is 11.6 Å². The summed E-state index contributed by atoms with van der Waals surface area (Å²) in [6.07, 6.45) is 4.99. The monoisotopic (exact) mass is 308 g/mol. The topological polar surface area (TPSA) is 90.5 Å². The average molecular weight is 308 g/mol. The van der Waals surface area contributed by atoms with Crippen molar-refractivity contribution in [1.29, 1.82) is 0 Å². The predicted molar refractivity (Wildman–Crippen MR) is 80.1 cm³/mol. The Morgan fingerprint density at radius 1 is 1.27 bits per heavy atom. The van der Waals surface area contributed by atoms with Crippen LogP contribution in [0.4, 0.5) is 4.79 Å². The molecule has 1 unspecified atom stereocenters. The maximum absolute atomic E-state index is 12.6. The highest BCUT2D eigenvalue weighted by atomic mass is 16.2. The van der Waals surface area contributed by atoms with Crippen molar-refractivity contribution in [2.45, 2.75) is 63.1 Å². The van der Waals surface area contributed by atoms with E-state index in [0.717, 1.165) is 43.7 Å². The molecule has 7 nitrogen and oxygen atoms in total. The van der Waals surface area contributed by atoms with Crippen LogP contribution >= 0.6 is 0 Å². The molecule has 0 aromatic heterocycles. The summed E-state index contributed by atoms with van der Waals surface area (Å²) in [5.74, 6) is -0.478. The fourth-order valence-electron chi connectivity index (χ4n) is 3.72. The van der Waals surface area contributed by atoms with E-state index in [1.54, 1.807) is 6.92 Å². The summed E-state index contributed by atoms with van der Waals surface area (Å²) in [7, 11) is 0. The van der Waals surface area contributed by atoms with Crippen LogP contribution in [-0.4, -0.2) is 53.5 Å². The lowest BCUT2D eigenvalue weighted by molar-refractivity contribution is -0.138. The molecule has 0 bridgehead atoms. The Kier molecular flexibility index (Phi) is 4.08. The van der Waals surface area contributed by atoms with Crippen LogP contribution in [0.25, 0.3) is 0 Å². The third kappa shape index (κ3) is 2.58. The summed E-state index contributed by atoms with van der Waals surface area (Å²) in [5, 5.41) is 9.02. The van der Waals surface area contributed by atoms with Gasteiger partial charge in [-0.15, -0.1) is 0 Å². The number of imide groups is 1. The molecular formula is C15H24N4O3. The maximum atomic E-state index is 12.6. The summed E-state index contributed by atoms with van der Waals surface area (Å²) in [6.45, 7) is 3.39. The highest BCUT2D eigenvalue weighted by Gasteiger charge is 2.54. The molecular weight excluding hydrogens is 284 g/mol. The van der Waals surface area contributed by atoms with E-state index in [-0.39, 0.29) is 17.9 Å². The number of nitrogens with one attached hydrogen (secondary N) is 3. The van der Waals surface area contributed by atoms with Crippen molar-refractivity contribution in [3.8, 4) is 0 Å². The van der Waals surface area contributed by atoms with Gasteiger partial charge >= 0.3 is 6.03 Å². The molecule has 0 aromatic carbocycles. The van der Waals surface area contributed by atoms with Crippen molar-refractivity contribution >= 4 is 17.8 Å². The van der Waals surface area contributed by atoms with Gasteiger partial charge in [-0.1, -0.05) is 12.8 Å². The van der Waals surface area contributed by atoms with Crippen LogP contribution in [0.1, 0.15) is 45.4 Å². The van der Waals surface area contributed by atoms with Gasteiger partial charge in [0.05, 0.1) is 0 Å². The van der Waals surface area contributed by atoms with Crippen LogP contribution in [0.3, 0.4) is 0 Å². The minimum absolute atomic E-state index is 0.123. The van der Waals surface area contributed by atoms with Crippen molar-refractivity contribution in [1.82, 2.24) is 20.9 Å².